The Morgan fingerprint density at radius 2 is 2.18 bits per heavy atom. The van der Waals surface area contributed by atoms with Gasteiger partial charge in [0.15, 0.2) is 0 Å². The van der Waals surface area contributed by atoms with Crippen molar-refractivity contribution in [2.75, 3.05) is 23.7 Å². The van der Waals surface area contributed by atoms with Gasteiger partial charge in [-0.05, 0) is 39.0 Å². The van der Waals surface area contributed by atoms with Gasteiger partial charge in [0, 0.05) is 18.1 Å². The summed E-state index contributed by atoms with van der Waals surface area (Å²) in [7, 11) is 0. The van der Waals surface area contributed by atoms with Gasteiger partial charge in [0.25, 0.3) is 0 Å². The highest BCUT2D eigenvalue weighted by molar-refractivity contribution is 6.31. The van der Waals surface area contributed by atoms with Crippen molar-refractivity contribution in [3.63, 3.8) is 0 Å². The van der Waals surface area contributed by atoms with Crippen LogP contribution in [0.15, 0.2) is 18.2 Å². The summed E-state index contributed by atoms with van der Waals surface area (Å²) in [6, 6.07) is 5.65. The van der Waals surface area contributed by atoms with E-state index >= 15 is 0 Å². The van der Waals surface area contributed by atoms with Crippen molar-refractivity contribution in [1.29, 1.82) is 0 Å². The number of benzene rings is 1. The molecule has 17 heavy (non-hydrogen) atoms. The summed E-state index contributed by atoms with van der Waals surface area (Å²) >= 11 is 5.92. The van der Waals surface area contributed by atoms with Crippen LogP contribution in [0, 0.1) is 0 Å². The molecule has 0 amide bonds. The fourth-order valence-corrected chi connectivity index (χ4v) is 2.63. The first-order chi connectivity index (χ1) is 7.87. The number of nitrogen functional groups attached to an aromatic ring is 1. The van der Waals surface area contributed by atoms with Crippen LogP contribution in [0.5, 0.6) is 0 Å². The molecule has 1 fully saturated rings. The molecule has 1 aromatic carbocycles. The highest BCUT2D eigenvalue weighted by Gasteiger charge is 2.31. The van der Waals surface area contributed by atoms with Crippen LogP contribution in [0.3, 0.4) is 0 Å². The first-order valence-electron chi connectivity index (χ1n) is 5.85. The minimum atomic E-state index is -0.149. The number of ether oxygens (including phenoxy) is 1. The summed E-state index contributed by atoms with van der Waals surface area (Å²) < 4.78 is 5.88. The lowest BCUT2D eigenvalue weighted by Gasteiger charge is -2.43. The monoisotopic (exact) mass is 254 g/mol. The predicted molar refractivity (Wildman–Crippen MR) is 72.7 cm³/mol. The molecule has 1 aromatic rings. The molecule has 2 N–H and O–H groups in total. The van der Waals surface area contributed by atoms with Gasteiger partial charge < -0.3 is 15.4 Å². The molecule has 0 spiro atoms. The number of nitrogens with two attached hydrogens (primary N) is 1. The third kappa shape index (κ3) is 2.85. The number of hydrogen-bond donors (Lipinski definition) is 1. The van der Waals surface area contributed by atoms with Gasteiger partial charge in [-0.15, -0.1) is 0 Å². The van der Waals surface area contributed by atoms with Gasteiger partial charge >= 0.3 is 0 Å². The zero-order chi connectivity index (χ0) is 12.6. The quantitative estimate of drug-likeness (QED) is 0.784. The molecular formula is C13H19ClN2O. The zero-order valence-electron chi connectivity index (χ0n) is 10.5. The van der Waals surface area contributed by atoms with Gasteiger partial charge in [-0.25, -0.2) is 0 Å². The fraction of sp³-hybridized carbons (Fsp3) is 0.538. The normalized spacial score (nSPS) is 23.8. The van der Waals surface area contributed by atoms with E-state index in [9.17, 15) is 0 Å². The van der Waals surface area contributed by atoms with E-state index in [0.29, 0.717) is 5.02 Å². The van der Waals surface area contributed by atoms with Crippen molar-refractivity contribution in [3.8, 4) is 0 Å². The highest BCUT2D eigenvalue weighted by atomic mass is 35.5. The minimum absolute atomic E-state index is 0.149. The maximum Gasteiger partial charge on any atom is 0.0805 e. The Labute approximate surface area is 107 Å². The molecule has 1 aliphatic rings. The SMILES string of the molecule is CC1CN(c2ccc(Cl)cc2N)CC(C)(C)O1. The molecule has 0 aromatic heterocycles. The van der Waals surface area contributed by atoms with Crippen molar-refractivity contribution in [3.05, 3.63) is 23.2 Å². The highest BCUT2D eigenvalue weighted by Crippen LogP contribution is 2.31. The lowest BCUT2D eigenvalue weighted by molar-refractivity contribution is -0.0749. The predicted octanol–water partition coefficient (Wildman–Crippen LogP) is 2.93. The first kappa shape index (κ1) is 12.5. The molecule has 4 heteroatoms. The molecule has 0 radical (unpaired) electrons. The first-order valence-corrected chi connectivity index (χ1v) is 6.23. The number of hydrogen-bond acceptors (Lipinski definition) is 3. The Hall–Kier alpha value is -0.930. The molecule has 94 valence electrons. The Morgan fingerprint density at radius 3 is 2.76 bits per heavy atom. The van der Waals surface area contributed by atoms with E-state index in [4.69, 9.17) is 22.1 Å². The lowest BCUT2D eigenvalue weighted by Crippen LogP contribution is -2.52. The van der Waals surface area contributed by atoms with Gasteiger partial charge in [-0.2, -0.15) is 0 Å². The molecule has 3 nitrogen and oxygen atoms in total. The maximum atomic E-state index is 6.02. The van der Waals surface area contributed by atoms with Gasteiger partial charge in [-0.1, -0.05) is 11.6 Å². The lowest BCUT2D eigenvalue weighted by atomic mass is 10.0. The molecule has 2 rings (SSSR count). The van der Waals surface area contributed by atoms with Crippen molar-refractivity contribution in [1.82, 2.24) is 0 Å². The summed E-state index contributed by atoms with van der Waals surface area (Å²) in [6.07, 6.45) is 0.203. The van der Waals surface area contributed by atoms with E-state index in [2.05, 4.69) is 25.7 Å². The Morgan fingerprint density at radius 1 is 1.47 bits per heavy atom. The Bertz CT molecular complexity index is 420. The molecule has 1 saturated heterocycles. The number of halogens is 1. The summed E-state index contributed by atoms with van der Waals surface area (Å²) in [4.78, 5) is 2.26. The molecule has 1 aliphatic heterocycles. The molecule has 1 heterocycles. The average molecular weight is 255 g/mol. The molecule has 0 aliphatic carbocycles. The van der Waals surface area contributed by atoms with E-state index < -0.39 is 0 Å². The van der Waals surface area contributed by atoms with Gasteiger partial charge in [0.05, 0.1) is 23.1 Å². The third-order valence-corrected chi connectivity index (χ3v) is 3.13. The Kier molecular flexibility index (Phi) is 3.23. The number of rotatable bonds is 1. The van der Waals surface area contributed by atoms with Crippen LogP contribution in [0.25, 0.3) is 0 Å². The molecular weight excluding hydrogens is 236 g/mol. The summed E-state index contributed by atoms with van der Waals surface area (Å²) in [5.41, 5.74) is 7.63. The topological polar surface area (TPSA) is 38.5 Å². The number of morpholine rings is 1. The Balaban J connectivity index is 2.27. The second-order valence-electron chi connectivity index (χ2n) is 5.27. The van der Waals surface area contributed by atoms with E-state index in [-0.39, 0.29) is 11.7 Å². The fourth-order valence-electron chi connectivity index (χ4n) is 2.45. The van der Waals surface area contributed by atoms with E-state index in [0.717, 1.165) is 24.5 Å². The summed E-state index contributed by atoms with van der Waals surface area (Å²) in [6.45, 7) is 7.97. The number of nitrogens with zero attached hydrogens (tertiary/aromatic N) is 1. The smallest absolute Gasteiger partial charge is 0.0805 e. The minimum Gasteiger partial charge on any atom is -0.397 e. The van der Waals surface area contributed by atoms with Crippen LogP contribution in [0.1, 0.15) is 20.8 Å². The van der Waals surface area contributed by atoms with Crippen molar-refractivity contribution < 1.29 is 4.74 Å². The average Bonchev–Trinajstić information content (AvgIpc) is 2.13. The second-order valence-corrected chi connectivity index (χ2v) is 5.71. The van der Waals surface area contributed by atoms with Gasteiger partial charge in [0.1, 0.15) is 0 Å². The number of anilines is 2. The van der Waals surface area contributed by atoms with Crippen LogP contribution < -0.4 is 10.6 Å². The summed E-state index contributed by atoms with van der Waals surface area (Å²) in [5.74, 6) is 0. The largest absolute Gasteiger partial charge is 0.397 e. The van der Waals surface area contributed by atoms with Gasteiger partial charge in [-0.3, -0.25) is 0 Å². The zero-order valence-corrected chi connectivity index (χ0v) is 11.3. The van der Waals surface area contributed by atoms with Crippen LogP contribution in [-0.4, -0.2) is 24.8 Å². The van der Waals surface area contributed by atoms with E-state index in [1.165, 1.54) is 0 Å². The van der Waals surface area contributed by atoms with E-state index in [1.54, 1.807) is 6.07 Å². The molecule has 0 bridgehead atoms. The van der Waals surface area contributed by atoms with Crippen LogP contribution in [0.4, 0.5) is 11.4 Å². The molecule has 1 unspecified atom stereocenters. The van der Waals surface area contributed by atoms with Crippen LogP contribution in [0.2, 0.25) is 5.02 Å². The maximum absolute atomic E-state index is 6.02. The second kappa shape index (κ2) is 4.39. The standard InChI is InChI=1S/C13H19ClN2O/c1-9-7-16(8-13(2,3)17-9)12-5-4-10(14)6-11(12)15/h4-6,9H,7-8,15H2,1-3H3. The van der Waals surface area contributed by atoms with Gasteiger partial charge in [0.2, 0.25) is 0 Å². The van der Waals surface area contributed by atoms with Crippen molar-refractivity contribution in [2.45, 2.75) is 32.5 Å². The van der Waals surface area contributed by atoms with Crippen LogP contribution in [-0.2, 0) is 4.74 Å². The molecule has 0 saturated carbocycles. The van der Waals surface area contributed by atoms with Crippen molar-refractivity contribution >= 4 is 23.0 Å². The van der Waals surface area contributed by atoms with Crippen LogP contribution >= 0.6 is 11.6 Å². The molecule has 1 atom stereocenters. The third-order valence-electron chi connectivity index (χ3n) is 2.90. The van der Waals surface area contributed by atoms with Crippen molar-refractivity contribution in [2.24, 2.45) is 0 Å². The van der Waals surface area contributed by atoms with E-state index in [1.807, 2.05) is 12.1 Å². The summed E-state index contributed by atoms with van der Waals surface area (Å²) in [5, 5.41) is 0.673.